The van der Waals surface area contributed by atoms with Crippen LogP contribution in [0.3, 0.4) is 0 Å². The van der Waals surface area contributed by atoms with E-state index in [0.717, 1.165) is 0 Å². The largest absolute Gasteiger partial charge is 0.321 e. The molecule has 35 heavy (non-hydrogen) atoms. The molecular formula is C29H15NO5. The highest BCUT2D eigenvalue weighted by molar-refractivity contribution is 6.33. The summed E-state index contributed by atoms with van der Waals surface area (Å²) in [6.07, 6.45) is 0. The lowest BCUT2D eigenvalue weighted by atomic mass is 9.81. The first-order valence-electron chi connectivity index (χ1n) is 10.9. The summed E-state index contributed by atoms with van der Waals surface area (Å²) in [5.41, 5.74) is 1.75. The van der Waals surface area contributed by atoms with E-state index in [1.807, 2.05) is 0 Å². The minimum atomic E-state index is -0.658. The van der Waals surface area contributed by atoms with Crippen LogP contribution in [0, 0.1) is 0 Å². The van der Waals surface area contributed by atoms with Gasteiger partial charge in [-0.05, 0) is 12.1 Å². The monoisotopic (exact) mass is 457 g/mol. The highest BCUT2D eigenvalue weighted by Crippen LogP contribution is 2.33. The molecule has 0 unspecified atom stereocenters. The number of carbonyl (C=O) groups is 5. The van der Waals surface area contributed by atoms with Gasteiger partial charge >= 0.3 is 0 Å². The van der Waals surface area contributed by atoms with Gasteiger partial charge in [-0.3, -0.25) is 24.0 Å². The van der Waals surface area contributed by atoms with E-state index in [1.165, 1.54) is 24.3 Å². The van der Waals surface area contributed by atoms with Crippen LogP contribution in [0.25, 0.3) is 0 Å². The molecule has 0 bridgehead atoms. The Morgan fingerprint density at radius 2 is 0.886 bits per heavy atom. The Balaban J connectivity index is 1.43. The topological polar surface area (TPSA) is 97.4 Å². The molecule has 6 rings (SSSR count). The molecule has 0 aliphatic heterocycles. The number of carbonyl (C=O) groups excluding carboxylic acids is 5. The zero-order valence-electron chi connectivity index (χ0n) is 18.1. The third-order valence-corrected chi connectivity index (χ3v) is 6.40. The summed E-state index contributed by atoms with van der Waals surface area (Å²) >= 11 is 0. The summed E-state index contributed by atoms with van der Waals surface area (Å²) in [5, 5.41) is 2.70. The lowest BCUT2D eigenvalue weighted by molar-refractivity contribution is 0.0968. The molecule has 0 aromatic heterocycles. The molecule has 4 aromatic rings. The van der Waals surface area contributed by atoms with Crippen LogP contribution in [-0.4, -0.2) is 29.0 Å². The normalized spacial score (nSPS) is 13.5. The predicted octanol–water partition coefficient (Wildman–Crippen LogP) is 4.49. The number of benzene rings is 4. The third kappa shape index (κ3) is 2.93. The third-order valence-electron chi connectivity index (χ3n) is 6.40. The maximum atomic E-state index is 13.4. The molecule has 6 heteroatoms. The molecule has 6 nitrogen and oxygen atoms in total. The van der Waals surface area contributed by atoms with Gasteiger partial charge in [0, 0.05) is 38.9 Å². The minimum Gasteiger partial charge on any atom is -0.321 e. The molecule has 0 heterocycles. The standard InChI is InChI=1S/C29H15NO5/c31-25-15-7-1-3-9-17(15)27(33)23-19(25)11-5-13-21(23)29(35)30-22-14-6-12-20-24(22)28(34)18-10-4-2-8-16(18)26(20)32/h1-14H,(H,30,35). The molecule has 4 aromatic carbocycles. The first kappa shape index (κ1) is 20.6. The number of anilines is 1. The Labute approximate surface area is 199 Å². The second-order valence-electron chi connectivity index (χ2n) is 8.32. The first-order valence-corrected chi connectivity index (χ1v) is 10.9. The van der Waals surface area contributed by atoms with Crippen LogP contribution in [0.15, 0.2) is 84.9 Å². The molecule has 0 fully saturated rings. The molecule has 0 saturated carbocycles. The van der Waals surface area contributed by atoms with Crippen molar-refractivity contribution in [1.82, 2.24) is 0 Å². The van der Waals surface area contributed by atoms with Crippen LogP contribution in [0.1, 0.15) is 74.0 Å². The molecular weight excluding hydrogens is 442 g/mol. The number of rotatable bonds is 2. The number of hydrogen-bond donors (Lipinski definition) is 1. The number of amides is 1. The average molecular weight is 457 g/mol. The lowest BCUT2D eigenvalue weighted by Crippen LogP contribution is -2.27. The smallest absolute Gasteiger partial charge is 0.256 e. The predicted molar refractivity (Wildman–Crippen MR) is 127 cm³/mol. The molecule has 0 radical (unpaired) electrons. The minimum absolute atomic E-state index is 0.0166. The van der Waals surface area contributed by atoms with Crippen molar-refractivity contribution in [2.24, 2.45) is 0 Å². The zero-order chi connectivity index (χ0) is 24.3. The van der Waals surface area contributed by atoms with Crippen molar-refractivity contribution in [3.05, 3.63) is 135 Å². The molecule has 0 saturated heterocycles. The Bertz CT molecular complexity index is 1660. The van der Waals surface area contributed by atoms with Crippen molar-refractivity contribution in [2.45, 2.75) is 0 Å². The van der Waals surface area contributed by atoms with E-state index in [2.05, 4.69) is 5.32 Å². The average Bonchev–Trinajstić information content (AvgIpc) is 2.90. The highest BCUT2D eigenvalue weighted by atomic mass is 16.2. The van der Waals surface area contributed by atoms with Gasteiger partial charge in [0.15, 0.2) is 23.1 Å². The summed E-state index contributed by atoms with van der Waals surface area (Å²) < 4.78 is 0. The van der Waals surface area contributed by atoms with Crippen molar-refractivity contribution in [3.8, 4) is 0 Å². The van der Waals surface area contributed by atoms with Crippen molar-refractivity contribution in [1.29, 1.82) is 0 Å². The molecule has 166 valence electrons. The Morgan fingerprint density at radius 1 is 0.457 bits per heavy atom. The van der Waals surface area contributed by atoms with Gasteiger partial charge in [0.05, 0.1) is 16.8 Å². The van der Waals surface area contributed by atoms with Crippen LogP contribution < -0.4 is 5.32 Å². The van der Waals surface area contributed by atoms with E-state index in [4.69, 9.17) is 0 Å². The van der Waals surface area contributed by atoms with Gasteiger partial charge in [-0.1, -0.05) is 72.8 Å². The van der Waals surface area contributed by atoms with Gasteiger partial charge < -0.3 is 5.32 Å². The quantitative estimate of drug-likeness (QED) is 0.413. The highest BCUT2D eigenvalue weighted by Gasteiger charge is 2.34. The maximum Gasteiger partial charge on any atom is 0.256 e. The number of ketones is 4. The van der Waals surface area contributed by atoms with Gasteiger partial charge in [-0.25, -0.2) is 0 Å². The number of fused-ring (bicyclic) bond motifs is 4. The van der Waals surface area contributed by atoms with E-state index in [9.17, 15) is 24.0 Å². The zero-order valence-corrected chi connectivity index (χ0v) is 18.1. The fraction of sp³-hybridized carbons (Fsp3) is 0. The summed E-state index contributed by atoms with van der Waals surface area (Å²) in [4.78, 5) is 65.9. The molecule has 1 N–H and O–H groups in total. The van der Waals surface area contributed by atoms with E-state index in [1.54, 1.807) is 60.7 Å². The van der Waals surface area contributed by atoms with Crippen LogP contribution in [0.4, 0.5) is 5.69 Å². The lowest BCUT2D eigenvalue weighted by Gasteiger charge is -2.22. The number of nitrogens with one attached hydrogen (secondary N) is 1. The second kappa shape index (κ2) is 7.53. The van der Waals surface area contributed by atoms with Crippen LogP contribution in [-0.2, 0) is 0 Å². The van der Waals surface area contributed by atoms with Crippen LogP contribution in [0.2, 0.25) is 0 Å². The molecule has 2 aliphatic rings. The molecule has 0 atom stereocenters. The fourth-order valence-electron chi connectivity index (χ4n) is 4.77. The molecule has 0 spiro atoms. The SMILES string of the molecule is O=C1c2ccccc2C(=O)c2c(NC(=O)c3cccc4c3C(=O)c3ccccc3C4=O)cccc21. The van der Waals surface area contributed by atoms with Crippen LogP contribution in [0.5, 0.6) is 0 Å². The number of hydrogen-bond acceptors (Lipinski definition) is 5. The van der Waals surface area contributed by atoms with Gasteiger partial charge in [-0.2, -0.15) is 0 Å². The van der Waals surface area contributed by atoms with Crippen molar-refractivity contribution in [3.63, 3.8) is 0 Å². The Morgan fingerprint density at radius 3 is 1.46 bits per heavy atom. The van der Waals surface area contributed by atoms with E-state index >= 15 is 0 Å². The summed E-state index contributed by atoms with van der Waals surface area (Å²) in [7, 11) is 0. The van der Waals surface area contributed by atoms with Crippen molar-refractivity contribution < 1.29 is 24.0 Å². The van der Waals surface area contributed by atoms with Crippen molar-refractivity contribution >= 4 is 34.7 Å². The molecule has 2 aliphatic carbocycles. The first-order chi connectivity index (χ1) is 17.0. The second-order valence-corrected chi connectivity index (χ2v) is 8.32. The maximum absolute atomic E-state index is 13.4. The Kier molecular flexibility index (Phi) is 4.44. The fourth-order valence-corrected chi connectivity index (χ4v) is 4.77. The Hall–Kier alpha value is -4.97. The van der Waals surface area contributed by atoms with Crippen LogP contribution >= 0.6 is 0 Å². The van der Waals surface area contributed by atoms with E-state index < -0.39 is 11.7 Å². The summed E-state index contributed by atoms with van der Waals surface area (Å²) in [6, 6.07) is 22.2. The van der Waals surface area contributed by atoms with Gasteiger partial charge in [0.25, 0.3) is 5.91 Å². The van der Waals surface area contributed by atoms with E-state index in [-0.39, 0.29) is 62.0 Å². The molecule has 1 amide bonds. The van der Waals surface area contributed by atoms with Gasteiger partial charge in [0.2, 0.25) is 0 Å². The van der Waals surface area contributed by atoms with Gasteiger partial charge in [-0.15, -0.1) is 0 Å². The van der Waals surface area contributed by atoms with Gasteiger partial charge in [0.1, 0.15) is 0 Å². The summed E-state index contributed by atoms with van der Waals surface area (Å²) in [5.74, 6) is -2.09. The summed E-state index contributed by atoms with van der Waals surface area (Å²) in [6.45, 7) is 0. The van der Waals surface area contributed by atoms with Crippen molar-refractivity contribution in [2.75, 3.05) is 5.32 Å². The van der Waals surface area contributed by atoms with E-state index in [0.29, 0.717) is 11.1 Å².